The zero-order valence-corrected chi connectivity index (χ0v) is 9.24. The molecule has 0 saturated heterocycles. The average Bonchev–Trinajstić information content (AvgIpc) is 2.86. The lowest BCUT2D eigenvalue weighted by Gasteiger charge is -2.16. The van der Waals surface area contributed by atoms with Gasteiger partial charge in [-0.05, 0) is 24.4 Å². The van der Waals surface area contributed by atoms with Gasteiger partial charge in [-0.15, -0.1) is 5.10 Å². The molecule has 1 aromatic rings. The van der Waals surface area contributed by atoms with E-state index in [1.54, 1.807) is 0 Å². The molecule has 2 atom stereocenters. The summed E-state index contributed by atoms with van der Waals surface area (Å²) in [5, 5.41) is 15.2. The van der Waals surface area contributed by atoms with Gasteiger partial charge in [0.1, 0.15) is 4.88 Å². The Morgan fingerprint density at radius 1 is 1.50 bits per heavy atom. The highest BCUT2D eigenvalue weighted by molar-refractivity contribution is 7.07. The van der Waals surface area contributed by atoms with Crippen molar-refractivity contribution < 1.29 is 14.7 Å². The summed E-state index contributed by atoms with van der Waals surface area (Å²) in [7, 11) is 0. The minimum absolute atomic E-state index is 0.271. The number of carbonyl (C=O) groups excluding carboxylic acids is 1. The highest BCUT2D eigenvalue weighted by Crippen LogP contribution is 2.26. The number of carbonyl (C=O) groups is 2. The summed E-state index contributed by atoms with van der Waals surface area (Å²) in [5.74, 6) is -1.59. The third-order valence-electron chi connectivity index (χ3n) is 2.73. The number of amides is 1. The van der Waals surface area contributed by atoms with Crippen molar-refractivity contribution in [3.05, 3.63) is 11.1 Å². The molecule has 1 aromatic heterocycles. The van der Waals surface area contributed by atoms with E-state index in [-0.39, 0.29) is 11.9 Å². The summed E-state index contributed by atoms with van der Waals surface area (Å²) in [6.07, 6.45) is 3.56. The van der Waals surface area contributed by atoms with E-state index in [2.05, 4.69) is 14.9 Å². The molecule has 86 valence electrons. The van der Waals surface area contributed by atoms with E-state index in [9.17, 15) is 9.59 Å². The van der Waals surface area contributed by atoms with Crippen LogP contribution in [0.15, 0.2) is 6.20 Å². The molecule has 0 spiro atoms. The quantitative estimate of drug-likeness (QED) is 0.805. The molecule has 0 radical (unpaired) electrons. The van der Waals surface area contributed by atoms with Crippen LogP contribution in [-0.4, -0.2) is 32.6 Å². The van der Waals surface area contributed by atoms with Crippen LogP contribution < -0.4 is 5.32 Å². The molecule has 16 heavy (non-hydrogen) atoms. The van der Waals surface area contributed by atoms with Crippen LogP contribution in [0, 0.1) is 5.92 Å². The number of aliphatic carboxylic acids is 1. The van der Waals surface area contributed by atoms with Gasteiger partial charge in [-0.1, -0.05) is 10.9 Å². The van der Waals surface area contributed by atoms with E-state index in [1.165, 1.54) is 6.20 Å². The Morgan fingerprint density at radius 2 is 2.31 bits per heavy atom. The van der Waals surface area contributed by atoms with Crippen molar-refractivity contribution in [3.63, 3.8) is 0 Å². The number of hydrogen-bond acceptors (Lipinski definition) is 5. The van der Waals surface area contributed by atoms with Crippen molar-refractivity contribution >= 4 is 23.4 Å². The maximum Gasteiger partial charge on any atom is 0.308 e. The minimum atomic E-state index is -0.842. The van der Waals surface area contributed by atoms with Crippen LogP contribution in [0.2, 0.25) is 0 Å². The lowest BCUT2D eigenvalue weighted by molar-refractivity contribution is -0.142. The molecule has 0 aliphatic heterocycles. The Balaban J connectivity index is 1.99. The van der Waals surface area contributed by atoms with Gasteiger partial charge in [0.05, 0.1) is 12.1 Å². The zero-order chi connectivity index (χ0) is 11.5. The number of carboxylic acid groups (broad SMARTS) is 1. The molecule has 6 nitrogen and oxygen atoms in total. The lowest BCUT2D eigenvalue weighted by atomic mass is 10.0. The first-order valence-corrected chi connectivity index (χ1v) is 5.77. The SMILES string of the molecule is O=C(NC1CCCC1C(=O)O)c1cnns1. The smallest absolute Gasteiger partial charge is 0.308 e. The third kappa shape index (κ3) is 2.19. The largest absolute Gasteiger partial charge is 0.481 e. The normalized spacial score (nSPS) is 24.2. The Kier molecular flexibility index (Phi) is 3.14. The summed E-state index contributed by atoms with van der Waals surface area (Å²) in [5.41, 5.74) is 0. The van der Waals surface area contributed by atoms with Crippen LogP contribution >= 0.6 is 11.5 Å². The Bertz CT molecular complexity index is 393. The fourth-order valence-corrected chi connectivity index (χ4v) is 2.35. The average molecular weight is 241 g/mol. The summed E-state index contributed by atoms with van der Waals surface area (Å²) >= 11 is 1.00. The van der Waals surface area contributed by atoms with E-state index in [1.807, 2.05) is 0 Å². The van der Waals surface area contributed by atoms with Gasteiger partial charge in [-0.25, -0.2) is 0 Å². The molecule has 7 heteroatoms. The van der Waals surface area contributed by atoms with Crippen LogP contribution in [-0.2, 0) is 4.79 Å². The van der Waals surface area contributed by atoms with Crippen molar-refractivity contribution in [1.82, 2.24) is 14.9 Å². The lowest BCUT2D eigenvalue weighted by Crippen LogP contribution is -2.39. The topological polar surface area (TPSA) is 92.2 Å². The van der Waals surface area contributed by atoms with Crippen LogP contribution in [0.5, 0.6) is 0 Å². The molecular weight excluding hydrogens is 230 g/mol. The van der Waals surface area contributed by atoms with Gasteiger partial charge in [0, 0.05) is 6.04 Å². The number of hydrogen-bond donors (Lipinski definition) is 2. The molecule has 2 rings (SSSR count). The number of nitrogens with one attached hydrogen (secondary N) is 1. The molecule has 1 heterocycles. The van der Waals surface area contributed by atoms with Crippen molar-refractivity contribution in [2.75, 3.05) is 0 Å². The standard InChI is InChI=1S/C9H11N3O3S/c13-8(7-4-10-12-16-7)11-6-3-1-2-5(6)9(14)15/h4-6H,1-3H2,(H,11,13)(H,14,15). The highest BCUT2D eigenvalue weighted by Gasteiger charge is 2.34. The third-order valence-corrected chi connectivity index (χ3v) is 3.40. The minimum Gasteiger partial charge on any atom is -0.481 e. The van der Waals surface area contributed by atoms with Crippen LogP contribution in [0.25, 0.3) is 0 Å². The molecular formula is C9H11N3O3S. The van der Waals surface area contributed by atoms with Gasteiger partial charge < -0.3 is 10.4 Å². The molecule has 2 unspecified atom stereocenters. The van der Waals surface area contributed by atoms with E-state index in [0.29, 0.717) is 11.3 Å². The fraction of sp³-hybridized carbons (Fsp3) is 0.556. The molecule has 1 aliphatic rings. The predicted octanol–water partition coefficient (Wildman–Crippen LogP) is 0.521. The second-order valence-corrected chi connectivity index (χ2v) is 4.52. The van der Waals surface area contributed by atoms with Gasteiger partial charge in [-0.3, -0.25) is 9.59 Å². The second-order valence-electron chi connectivity index (χ2n) is 3.74. The summed E-state index contributed by atoms with van der Waals surface area (Å²) in [6, 6.07) is -0.271. The Morgan fingerprint density at radius 3 is 2.94 bits per heavy atom. The molecule has 1 saturated carbocycles. The first-order chi connectivity index (χ1) is 7.68. The highest BCUT2D eigenvalue weighted by atomic mass is 32.1. The monoisotopic (exact) mass is 241 g/mol. The molecule has 1 aliphatic carbocycles. The molecule has 0 aromatic carbocycles. The van der Waals surface area contributed by atoms with Crippen molar-refractivity contribution in [3.8, 4) is 0 Å². The van der Waals surface area contributed by atoms with Gasteiger partial charge in [0.2, 0.25) is 0 Å². The van der Waals surface area contributed by atoms with E-state index in [4.69, 9.17) is 5.11 Å². The van der Waals surface area contributed by atoms with Gasteiger partial charge in [0.15, 0.2) is 0 Å². The van der Waals surface area contributed by atoms with Crippen molar-refractivity contribution in [2.24, 2.45) is 5.92 Å². The fourth-order valence-electron chi connectivity index (χ4n) is 1.94. The zero-order valence-electron chi connectivity index (χ0n) is 8.42. The van der Waals surface area contributed by atoms with E-state index < -0.39 is 11.9 Å². The molecule has 0 bridgehead atoms. The van der Waals surface area contributed by atoms with Crippen molar-refractivity contribution in [2.45, 2.75) is 25.3 Å². The Hall–Kier alpha value is -1.50. The van der Waals surface area contributed by atoms with Crippen LogP contribution in [0.4, 0.5) is 0 Å². The first kappa shape index (κ1) is 11.0. The van der Waals surface area contributed by atoms with Crippen molar-refractivity contribution in [1.29, 1.82) is 0 Å². The summed E-state index contributed by atoms with van der Waals surface area (Å²) in [4.78, 5) is 23.0. The van der Waals surface area contributed by atoms with Crippen LogP contribution in [0.3, 0.4) is 0 Å². The number of rotatable bonds is 3. The summed E-state index contributed by atoms with van der Waals surface area (Å²) < 4.78 is 3.59. The molecule has 1 amide bonds. The maximum absolute atomic E-state index is 11.7. The summed E-state index contributed by atoms with van der Waals surface area (Å²) in [6.45, 7) is 0. The number of nitrogens with zero attached hydrogens (tertiary/aromatic N) is 2. The van der Waals surface area contributed by atoms with E-state index in [0.717, 1.165) is 24.4 Å². The van der Waals surface area contributed by atoms with Gasteiger partial charge in [0.25, 0.3) is 5.91 Å². The first-order valence-electron chi connectivity index (χ1n) is 4.99. The van der Waals surface area contributed by atoms with Gasteiger partial charge >= 0.3 is 5.97 Å². The Labute approximate surface area is 95.8 Å². The van der Waals surface area contributed by atoms with Crippen LogP contribution in [0.1, 0.15) is 28.9 Å². The number of carboxylic acids is 1. The van der Waals surface area contributed by atoms with E-state index >= 15 is 0 Å². The second kappa shape index (κ2) is 4.56. The molecule has 2 N–H and O–H groups in total. The maximum atomic E-state index is 11.7. The van der Waals surface area contributed by atoms with Gasteiger partial charge in [-0.2, -0.15) is 0 Å². The molecule has 1 fully saturated rings. The number of aromatic nitrogens is 2. The predicted molar refractivity (Wildman–Crippen MR) is 56.1 cm³/mol.